The molecule has 4 aliphatic rings. The fraction of sp³-hybridized carbons (Fsp3) is 1.00. The van der Waals surface area contributed by atoms with Gasteiger partial charge in [-0.2, -0.15) is 0 Å². The third-order valence-corrected chi connectivity index (χ3v) is 9.45. The molecule has 4 rings (SSSR count). The van der Waals surface area contributed by atoms with Gasteiger partial charge in [0, 0.05) is 7.11 Å². The maximum absolute atomic E-state index is 10.4. The van der Waals surface area contributed by atoms with E-state index in [9.17, 15) is 5.11 Å². The highest BCUT2D eigenvalue weighted by Gasteiger charge is 2.63. The van der Waals surface area contributed by atoms with Crippen molar-refractivity contribution in [1.82, 2.24) is 0 Å². The molecule has 0 heterocycles. The summed E-state index contributed by atoms with van der Waals surface area (Å²) < 4.78 is 6.19. The highest BCUT2D eigenvalue weighted by atomic mass is 16.5. The van der Waals surface area contributed by atoms with Crippen molar-refractivity contribution in [3.05, 3.63) is 0 Å². The summed E-state index contributed by atoms with van der Waals surface area (Å²) in [5.74, 6) is 3.80. The van der Waals surface area contributed by atoms with Crippen LogP contribution in [0.4, 0.5) is 0 Å². The molecule has 4 aliphatic carbocycles. The van der Waals surface area contributed by atoms with Crippen LogP contribution in [0.2, 0.25) is 0 Å². The zero-order valence-corrected chi connectivity index (χ0v) is 16.3. The Balaban J connectivity index is 1.70. The van der Waals surface area contributed by atoms with Crippen molar-refractivity contribution < 1.29 is 9.84 Å². The third kappa shape index (κ3) is 2.28. The Labute approximate surface area is 148 Å². The van der Waals surface area contributed by atoms with Crippen LogP contribution in [0, 0.1) is 40.4 Å². The zero-order valence-electron chi connectivity index (χ0n) is 16.3. The Bertz CT molecular complexity index is 475. The Morgan fingerprint density at radius 3 is 2.50 bits per heavy atom. The van der Waals surface area contributed by atoms with Crippen LogP contribution in [-0.2, 0) is 4.74 Å². The van der Waals surface area contributed by atoms with Crippen molar-refractivity contribution in [3.8, 4) is 0 Å². The largest absolute Gasteiger partial charge is 0.393 e. The van der Waals surface area contributed by atoms with Crippen LogP contribution in [0.15, 0.2) is 0 Å². The first kappa shape index (κ1) is 17.3. The van der Waals surface area contributed by atoms with Crippen molar-refractivity contribution in [2.24, 2.45) is 40.4 Å². The van der Waals surface area contributed by atoms with Gasteiger partial charge in [0.2, 0.25) is 0 Å². The normalized spacial score (nSPS) is 55.4. The molecule has 4 saturated carbocycles. The van der Waals surface area contributed by atoms with Crippen molar-refractivity contribution in [1.29, 1.82) is 0 Å². The summed E-state index contributed by atoms with van der Waals surface area (Å²) in [7, 11) is 1.95. The van der Waals surface area contributed by atoms with E-state index in [0.29, 0.717) is 17.4 Å². The van der Waals surface area contributed by atoms with Crippen molar-refractivity contribution in [2.75, 3.05) is 7.11 Å². The quantitative estimate of drug-likeness (QED) is 0.766. The van der Waals surface area contributed by atoms with E-state index in [1.807, 2.05) is 14.0 Å². The molecule has 138 valence electrons. The summed E-state index contributed by atoms with van der Waals surface area (Å²) in [6.07, 6.45) is 12.6. The summed E-state index contributed by atoms with van der Waals surface area (Å²) >= 11 is 0. The number of aliphatic hydroxyl groups excluding tert-OH is 1. The molecule has 0 aromatic rings. The second-order valence-electron chi connectivity index (χ2n) is 10.2. The average Bonchev–Trinajstić information content (AvgIpc) is 2.90. The van der Waals surface area contributed by atoms with Gasteiger partial charge in [-0.1, -0.05) is 26.7 Å². The monoisotopic (exact) mass is 334 g/mol. The molecule has 0 amide bonds. The van der Waals surface area contributed by atoms with Crippen LogP contribution in [0.1, 0.15) is 78.6 Å². The van der Waals surface area contributed by atoms with Gasteiger partial charge in [0.25, 0.3) is 0 Å². The van der Waals surface area contributed by atoms with Crippen LogP contribution in [-0.4, -0.2) is 24.4 Å². The molecule has 0 bridgehead atoms. The first-order valence-corrected chi connectivity index (χ1v) is 10.6. The highest BCUT2D eigenvalue weighted by Crippen LogP contribution is 2.68. The van der Waals surface area contributed by atoms with Crippen molar-refractivity contribution in [2.45, 2.75) is 90.8 Å². The number of ether oxygens (including phenoxy) is 1. The number of rotatable bonds is 2. The smallest absolute Gasteiger partial charge is 0.0613 e. The molecule has 2 nitrogen and oxygen atoms in total. The molecule has 1 N–H and O–H groups in total. The molecule has 0 radical (unpaired) electrons. The van der Waals surface area contributed by atoms with Crippen LogP contribution in [0.3, 0.4) is 0 Å². The highest BCUT2D eigenvalue weighted by molar-refractivity contribution is 5.12. The average molecular weight is 335 g/mol. The summed E-state index contributed by atoms with van der Waals surface area (Å²) in [6, 6.07) is 0. The molecule has 0 aliphatic heterocycles. The molecule has 9 unspecified atom stereocenters. The molecule has 4 fully saturated rings. The number of aliphatic hydroxyl groups is 1. The van der Waals surface area contributed by atoms with E-state index in [1.54, 1.807) is 0 Å². The number of methoxy groups -OCH3 is 1. The number of hydrogen-bond donors (Lipinski definition) is 1. The van der Waals surface area contributed by atoms with E-state index in [4.69, 9.17) is 4.74 Å². The van der Waals surface area contributed by atoms with Gasteiger partial charge in [0.1, 0.15) is 0 Å². The maximum atomic E-state index is 10.4. The fourth-order valence-electron chi connectivity index (χ4n) is 8.44. The van der Waals surface area contributed by atoms with E-state index >= 15 is 0 Å². The Morgan fingerprint density at radius 1 is 1.00 bits per heavy atom. The fourth-order valence-corrected chi connectivity index (χ4v) is 8.44. The molecule has 0 saturated heterocycles. The lowest BCUT2D eigenvalue weighted by Gasteiger charge is -2.62. The van der Waals surface area contributed by atoms with Gasteiger partial charge in [-0.05, 0) is 92.3 Å². The summed E-state index contributed by atoms with van der Waals surface area (Å²) in [5, 5.41) is 10.4. The van der Waals surface area contributed by atoms with E-state index in [2.05, 4.69) is 13.8 Å². The van der Waals surface area contributed by atoms with Gasteiger partial charge in [0.05, 0.1) is 12.2 Å². The maximum Gasteiger partial charge on any atom is 0.0613 e. The van der Waals surface area contributed by atoms with Gasteiger partial charge in [-0.3, -0.25) is 0 Å². The SMILES string of the molecule is COC1CC2(C)C(C(C)O)CCC2C2CCC3CCCCC3(C)C12. The van der Waals surface area contributed by atoms with E-state index in [1.165, 1.54) is 57.8 Å². The predicted molar refractivity (Wildman–Crippen MR) is 97.7 cm³/mol. The van der Waals surface area contributed by atoms with Crippen LogP contribution < -0.4 is 0 Å². The van der Waals surface area contributed by atoms with Gasteiger partial charge in [-0.15, -0.1) is 0 Å². The topological polar surface area (TPSA) is 29.5 Å². The Hall–Kier alpha value is -0.0800. The van der Waals surface area contributed by atoms with Crippen molar-refractivity contribution in [3.63, 3.8) is 0 Å². The first-order chi connectivity index (χ1) is 11.4. The Kier molecular flexibility index (Phi) is 4.32. The minimum Gasteiger partial charge on any atom is -0.393 e. The molecule has 9 atom stereocenters. The Morgan fingerprint density at radius 2 is 1.79 bits per heavy atom. The summed E-state index contributed by atoms with van der Waals surface area (Å²) in [4.78, 5) is 0. The van der Waals surface area contributed by atoms with E-state index < -0.39 is 0 Å². The lowest BCUT2D eigenvalue weighted by atomic mass is 9.44. The van der Waals surface area contributed by atoms with Gasteiger partial charge >= 0.3 is 0 Å². The second kappa shape index (κ2) is 5.98. The number of hydrogen-bond acceptors (Lipinski definition) is 2. The molecule has 0 spiro atoms. The lowest BCUT2D eigenvalue weighted by molar-refractivity contribution is -0.182. The molecule has 24 heavy (non-hydrogen) atoms. The van der Waals surface area contributed by atoms with Crippen LogP contribution in [0.25, 0.3) is 0 Å². The molecule has 0 aromatic heterocycles. The minimum atomic E-state index is -0.171. The van der Waals surface area contributed by atoms with Crippen LogP contribution in [0.5, 0.6) is 0 Å². The molecule has 2 heteroatoms. The van der Waals surface area contributed by atoms with Gasteiger partial charge < -0.3 is 9.84 Å². The van der Waals surface area contributed by atoms with E-state index in [0.717, 1.165) is 23.7 Å². The molecule has 0 aromatic carbocycles. The van der Waals surface area contributed by atoms with E-state index in [-0.39, 0.29) is 11.5 Å². The zero-order chi connectivity index (χ0) is 17.1. The summed E-state index contributed by atoms with van der Waals surface area (Å²) in [6.45, 7) is 7.12. The predicted octanol–water partition coefficient (Wildman–Crippen LogP) is 5.04. The van der Waals surface area contributed by atoms with Crippen LogP contribution >= 0.6 is 0 Å². The third-order valence-electron chi connectivity index (χ3n) is 9.45. The van der Waals surface area contributed by atoms with Crippen molar-refractivity contribution >= 4 is 0 Å². The second-order valence-corrected chi connectivity index (χ2v) is 10.2. The lowest BCUT2D eigenvalue weighted by Crippen LogP contribution is -2.59. The summed E-state index contributed by atoms with van der Waals surface area (Å²) in [5.41, 5.74) is 0.792. The molecular formula is C22H38O2. The van der Waals surface area contributed by atoms with Gasteiger partial charge in [-0.25, -0.2) is 0 Å². The first-order valence-electron chi connectivity index (χ1n) is 10.6. The number of fused-ring (bicyclic) bond motifs is 5. The van der Waals surface area contributed by atoms with Gasteiger partial charge in [0.15, 0.2) is 0 Å². The molecular weight excluding hydrogens is 296 g/mol. The minimum absolute atomic E-state index is 0.171. The standard InChI is InChI=1S/C22H38O2/c1-14(23)17-10-11-18-16-9-8-15-7-5-6-12-21(15,2)20(16)19(24-4)13-22(17,18)3/h14-20,23H,5-13H2,1-4H3.